The van der Waals surface area contributed by atoms with Crippen molar-refractivity contribution in [1.82, 2.24) is 9.80 Å². The zero-order valence-electron chi connectivity index (χ0n) is 15.5. The highest BCUT2D eigenvalue weighted by Gasteiger charge is 2.28. The number of hydrogen-bond acceptors (Lipinski definition) is 5. The molecule has 2 amide bonds. The van der Waals surface area contributed by atoms with Crippen molar-refractivity contribution >= 4 is 21.7 Å². The Bertz CT molecular complexity index is 768. The monoisotopic (exact) mass is 381 g/mol. The zero-order valence-corrected chi connectivity index (χ0v) is 16.3. The minimum atomic E-state index is -3.37. The second-order valence-electron chi connectivity index (χ2n) is 7.15. The number of nitrogens with zero attached hydrogens (tertiary/aromatic N) is 2. The summed E-state index contributed by atoms with van der Waals surface area (Å²) < 4.78 is 23.3. The molecule has 1 fully saturated rings. The maximum atomic E-state index is 12.6. The number of benzene rings is 1. The van der Waals surface area contributed by atoms with E-state index in [1.54, 1.807) is 21.9 Å². The van der Waals surface area contributed by atoms with Gasteiger partial charge < -0.3 is 15.5 Å². The normalized spacial score (nSPS) is 16.7. The molecule has 0 aromatic heterocycles. The van der Waals surface area contributed by atoms with Crippen molar-refractivity contribution in [3.05, 3.63) is 29.8 Å². The van der Waals surface area contributed by atoms with Crippen molar-refractivity contribution in [3.63, 3.8) is 0 Å². The molecule has 7 nitrogen and oxygen atoms in total. The molecule has 0 bridgehead atoms. The van der Waals surface area contributed by atoms with E-state index in [1.165, 1.54) is 12.1 Å². The molecular formula is C18H27N3O4S. The van der Waals surface area contributed by atoms with Gasteiger partial charge in [-0.15, -0.1) is 0 Å². The summed E-state index contributed by atoms with van der Waals surface area (Å²) in [6.07, 6.45) is 1.75. The minimum absolute atomic E-state index is 0.0788. The Balaban J connectivity index is 2.00. The predicted molar refractivity (Wildman–Crippen MR) is 99.5 cm³/mol. The van der Waals surface area contributed by atoms with Gasteiger partial charge in [0.1, 0.15) is 0 Å². The van der Waals surface area contributed by atoms with Gasteiger partial charge >= 0.3 is 0 Å². The van der Waals surface area contributed by atoms with Crippen LogP contribution in [0.5, 0.6) is 0 Å². The molecule has 1 aliphatic heterocycles. The van der Waals surface area contributed by atoms with E-state index < -0.39 is 15.9 Å². The molecule has 1 aromatic carbocycles. The van der Waals surface area contributed by atoms with E-state index in [9.17, 15) is 18.0 Å². The lowest BCUT2D eigenvalue weighted by Gasteiger charge is -2.36. The molecule has 0 aliphatic carbocycles. The molecule has 1 atom stereocenters. The summed E-state index contributed by atoms with van der Waals surface area (Å²) in [5.41, 5.74) is 6.30. The minimum Gasteiger partial charge on any atom is -0.338 e. The summed E-state index contributed by atoms with van der Waals surface area (Å²) in [6.45, 7) is 5.72. The zero-order chi connectivity index (χ0) is 19.5. The summed E-state index contributed by atoms with van der Waals surface area (Å²) in [5.74, 6) is 0.0397. The number of piperazine rings is 1. The van der Waals surface area contributed by atoms with Crippen LogP contribution in [-0.4, -0.2) is 68.5 Å². The molecule has 0 radical (unpaired) electrons. The Hall–Kier alpha value is -1.93. The van der Waals surface area contributed by atoms with Gasteiger partial charge in [-0.3, -0.25) is 9.59 Å². The van der Waals surface area contributed by atoms with Gasteiger partial charge in [-0.05, 0) is 30.5 Å². The van der Waals surface area contributed by atoms with Crippen LogP contribution in [0, 0.1) is 5.92 Å². The first kappa shape index (κ1) is 20.4. The molecule has 0 spiro atoms. The average molecular weight is 381 g/mol. The van der Waals surface area contributed by atoms with Crippen LogP contribution in [0.1, 0.15) is 30.6 Å². The topological polar surface area (TPSA) is 101 Å². The molecule has 1 heterocycles. The first-order valence-electron chi connectivity index (χ1n) is 8.73. The van der Waals surface area contributed by atoms with Gasteiger partial charge in [-0.2, -0.15) is 0 Å². The van der Waals surface area contributed by atoms with Crippen LogP contribution in [0.4, 0.5) is 0 Å². The number of rotatable bonds is 5. The van der Waals surface area contributed by atoms with Crippen LogP contribution in [0.2, 0.25) is 0 Å². The van der Waals surface area contributed by atoms with Crippen LogP contribution < -0.4 is 5.73 Å². The van der Waals surface area contributed by atoms with Crippen LogP contribution >= 0.6 is 0 Å². The molecule has 2 rings (SSSR count). The summed E-state index contributed by atoms with van der Waals surface area (Å²) in [4.78, 5) is 28.5. The summed E-state index contributed by atoms with van der Waals surface area (Å²) >= 11 is 0. The highest BCUT2D eigenvalue weighted by molar-refractivity contribution is 7.90. The van der Waals surface area contributed by atoms with Crippen molar-refractivity contribution in [1.29, 1.82) is 0 Å². The highest BCUT2D eigenvalue weighted by atomic mass is 32.2. The van der Waals surface area contributed by atoms with Crippen LogP contribution in [0.25, 0.3) is 0 Å². The average Bonchev–Trinajstić information content (AvgIpc) is 2.59. The summed E-state index contributed by atoms with van der Waals surface area (Å²) in [5, 5.41) is 0. The van der Waals surface area contributed by atoms with Crippen LogP contribution in [0.3, 0.4) is 0 Å². The highest BCUT2D eigenvalue weighted by Crippen LogP contribution is 2.15. The Morgan fingerprint density at radius 1 is 1.12 bits per heavy atom. The SMILES string of the molecule is CC(C)C[C@H](N)C(=O)N1CCN(C(=O)c2cccc(S(C)(=O)=O)c2)CC1. The van der Waals surface area contributed by atoms with E-state index in [0.29, 0.717) is 44.1 Å². The van der Waals surface area contributed by atoms with E-state index in [4.69, 9.17) is 5.73 Å². The number of sulfone groups is 1. The first-order valence-corrected chi connectivity index (χ1v) is 10.6. The Morgan fingerprint density at radius 2 is 1.69 bits per heavy atom. The summed E-state index contributed by atoms with van der Waals surface area (Å²) in [7, 11) is -3.37. The van der Waals surface area contributed by atoms with Crippen molar-refractivity contribution in [2.24, 2.45) is 11.7 Å². The molecule has 0 saturated carbocycles. The van der Waals surface area contributed by atoms with Gasteiger partial charge in [0, 0.05) is 38.0 Å². The second-order valence-corrected chi connectivity index (χ2v) is 9.17. The molecule has 1 aromatic rings. The molecule has 26 heavy (non-hydrogen) atoms. The van der Waals surface area contributed by atoms with Crippen molar-refractivity contribution in [2.45, 2.75) is 31.2 Å². The lowest BCUT2D eigenvalue weighted by Crippen LogP contribution is -2.54. The van der Waals surface area contributed by atoms with Gasteiger partial charge in [0.05, 0.1) is 10.9 Å². The number of nitrogens with two attached hydrogens (primary N) is 1. The van der Waals surface area contributed by atoms with Gasteiger partial charge in [0.15, 0.2) is 9.84 Å². The van der Waals surface area contributed by atoms with E-state index in [2.05, 4.69) is 0 Å². The molecular weight excluding hydrogens is 354 g/mol. The largest absolute Gasteiger partial charge is 0.338 e. The molecule has 0 unspecified atom stereocenters. The van der Waals surface area contributed by atoms with Gasteiger partial charge in [0.2, 0.25) is 5.91 Å². The Morgan fingerprint density at radius 3 is 2.23 bits per heavy atom. The maximum Gasteiger partial charge on any atom is 0.254 e. The third kappa shape index (κ3) is 5.04. The molecule has 1 aliphatic rings. The lowest BCUT2D eigenvalue weighted by molar-refractivity contribution is -0.134. The molecule has 8 heteroatoms. The number of hydrogen-bond donors (Lipinski definition) is 1. The standard InChI is InChI=1S/C18H27N3O4S/c1-13(2)11-16(19)18(23)21-9-7-20(8-10-21)17(22)14-5-4-6-15(12-14)26(3,24)25/h4-6,12-13,16H,7-11,19H2,1-3H3/t16-/m0/s1. The third-order valence-corrected chi connectivity index (χ3v) is 5.54. The summed E-state index contributed by atoms with van der Waals surface area (Å²) in [6, 6.07) is 5.53. The number of carbonyl (C=O) groups is 2. The van der Waals surface area contributed by atoms with E-state index in [1.807, 2.05) is 13.8 Å². The van der Waals surface area contributed by atoms with Gasteiger partial charge in [-0.1, -0.05) is 19.9 Å². The van der Waals surface area contributed by atoms with Crippen LogP contribution in [0.15, 0.2) is 29.2 Å². The van der Waals surface area contributed by atoms with E-state index in [-0.39, 0.29) is 16.7 Å². The fraction of sp³-hybridized carbons (Fsp3) is 0.556. The second kappa shape index (κ2) is 8.18. The number of carbonyl (C=O) groups excluding carboxylic acids is 2. The Kier molecular flexibility index (Phi) is 6.41. The smallest absolute Gasteiger partial charge is 0.254 e. The van der Waals surface area contributed by atoms with Crippen molar-refractivity contribution < 1.29 is 18.0 Å². The van der Waals surface area contributed by atoms with Crippen molar-refractivity contribution in [3.8, 4) is 0 Å². The molecule has 144 valence electrons. The van der Waals surface area contributed by atoms with Crippen molar-refractivity contribution in [2.75, 3.05) is 32.4 Å². The lowest BCUT2D eigenvalue weighted by atomic mass is 10.0. The first-order chi connectivity index (χ1) is 12.1. The maximum absolute atomic E-state index is 12.6. The van der Waals surface area contributed by atoms with E-state index in [0.717, 1.165) is 6.26 Å². The fourth-order valence-electron chi connectivity index (χ4n) is 3.02. The predicted octanol–water partition coefficient (Wildman–Crippen LogP) is 0.748. The quantitative estimate of drug-likeness (QED) is 0.811. The van der Waals surface area contributed by atoms with Crippen LogP contribution in [-0.2, 0) is 14.6 Å². The van der Waals surface area contributed by atoms with E-state index >= 15 is 0 Å². The third-order valence-electron chi connectivity index (χ3n) is 4.43. The Labute approximate surface area is 155 Å². The van der Waals surface area contributed by atoms with Gasteiger partial charge in [0.25, 0.3) is 5.91 Å². The molecule has 1 saturated heterocycles. The molecule has 2 N–H and O–H groups in total. The fourth-order valence-corrected chi connectivity index (χ4v) is 3.68. The van der Waals surface area contributed by atoms with Gasteiger partial charge in [-0.25, -0.2) is 8.42 Å². The number of amides is 2.